The molecule has 0 rings (SSSR count). The van der Waals surface area contributed by atoms with Crippen molar-refractivity contribution in [3.05, 3.63) is 5.84 Å². The summed E-state index contributed by atoms with van der Waals surface area (Å²) in [5.74, 6) is 12.1. The predicted octanol–water partition coefficient (Wildman–Crippen LogP) is -2.85. The maximum Gasteiger partial charge on any atom is 0.101 e. The summed E-state index contributed by atoms with van der Waals surface area (Å²) in [5.41, 5.74) is 5.23. The lowest BCUT2D eigenvalue weighted by Crippen LogP contribution is -3.19. The van der Waals surface area contributed by atoms with Crippen molar-refractivity contribution in [2.45, 2.75) is 0 Å². The molecule has 0 aromatic rings. The van der Waals surface area contributed by atoms with Crippen LogP contribution in [0.15, 0.2) is 0 Å². The summed E-state index contributed by atoms with van der Waals surface area (Å²) in [7, 11) is 3.25. The standard InChI is InChI=1S/C4H16N6O2/c1-7-9(5)10(8-2)12-4-3-11-6/h5,7-9H,3-4,6H2,1-2H3. The third-order valence-electron chi connectivity index (χ3n) is 1.06. The number of hydrazine groups is 1. The van der Waals surface area contributed by atoms with E-state index in [4.69, 9.17) is 16.6 Å². The zero-order valence-corrected chi connectivity index (χ0v) is 7.26. The molecule has 0 aromatic carbocycles. The normalized spacial score (nSPS) is 13.8. The highest BCUT2D eigenvalue weighted by Crippen LogP contribution is 1.73. The van der Waals surface area contributed by atoms with Crippen molar-refractivity contribution in [1.29, 1.82) is 0 Å². The molecule has 0 heterocycles. The van der Waals surface area contributed by atoms with E-state index in [1.807, 2.05) is 0 Å². The van der Waals surface area contributed by atoms with Crippen LogP contribution in [-0.4, -0.2) is 32.6 Å². The number of quaternary nitrogens is 1. The highest BCUT2D eigenvalue weighted by Gasteiger charge is 2.07. The van der Waals surface area contributed by atoms with E-state index in [1.54, 1.807) is 14.1 Å². The molecule has 0 aromatic heterocycles. The summed E-state index contributed by atoms with van der Waals surface area (Å²) in [6.45, 7) is 0.552. The summed E-state index contributed by atoms with van der Waals surface area (Å²) < 4.78 is 0. The highest BCUT2D eigenvalue weighted by atomic mass is 16.8. The second kappa shape index (κ2) is 7.34. The Balaban J connectivity index is 3.52. The smallest absolute Gasteiger partial charge is 0.101 e. The van der Waals surface area contributed by atoms with Crippen LogP contribution in [0.4, 0.5) is 0 Å². The number of rotatable bonds is 7. The SMILES string of the molecule is CNN(OCCON)[NH+]([NH-])NC. The van der Waals surface area contributed by atoms with Crippen LogP contribution in [0.5, 0.6) is 0 Å². The average molecular weight is 180 g/mol. The summed E-state index contributed by atoms with van der Waals surface area (Å²) in [4.78, 5) is 9.29. The van der Waals surface area contributed by atoms with Gasteiger partial charge in [0.25, 0.3) is 0 Å². The van der Waals surface area contributed by atoms with Crippen LogP contribution in [0.25, 0.3) is 5.84 Å². The Labute approximate surface area is 71.1 Å². The molecule has 12 heavy (non-hydrogen) atoms. The van der Waals surface area contributed by atoms with Gasteiger partial charge in [0.2, 0.25) is 0 Å². The molecule has 0 aliphatic rings. The van der Waals surface area contributed by atoms with E-state index in [0.717, 1.165) is 0 Å². The van der Waals surface area contributed by atoms with E-state index in [9.17, 15) is 0 Å². The zero-order chi connectivity index (χ0) is 9.40. The Kier molecular flexibility index (Phi) is 7.14. The first-order valence-corrected chi connectivity index (χ1v) is 3.44. The minimum Gasteiger partial charge on any atom is -0.424 e. The van der Waals surface area contributed by atoms with Gasteiger partial charge in [-0.25, -0.2) is 16.0 Å². The van der Waals surface area contributed by atoms with E-state index in [0.29, 0.717) is 0 Å². The molecule has 74 valence electrons. The molecule has 0 saturated carbocycles. The molecule has 0 fully saturated rings. The Hall–Kier alpha value is -0.320. The van der Waals surface area contributed by atoms with Crippen molar-refractivity contribution in [2.75, 3.05) is 27.3 Å². The third kappa shape index (κ3) is 4.54. The van der Waals surface area contributed by atoms with Gasteiger partial charge in [0.15, 0.2) is 0 Å². The van der Waals surface area contributed by atoms with E-state index in [2.05, 4.69) is 15.7 Å². The number of hydrogen-bond acceptors (Lipinski definition) is 6. The van der Waals surface area contributed by atoms with Gasteiger partial charge in [-0.15, -0.1) is 0 Å². The zero-order valence-electron chi connectivity index (χ0n) is 7.26. The van der Waals surface area contributed by atoms with Gasteiger partial charge in [-0.3, -0.25) is 0 Å². The molecule has 0 aliphatic carbocycles. The second-order valence-electron chi connectivity index (χ2n) is 1.82. The monoisotopic (exact) mass is 180 g/mol. The largest absolute Gasteiger partial charge is 0.424 e. The molecule has 0 radical (unpaired) electrons. The first-order valence-electron chi connectivity index (χ1n) is 3.44. The Bertz CT molecular complexity index is 104. The second-order valence-corrected chi connectivity index (χ2v) is 1.82. The molecule has 8 nitrogen and oxygen atoms in total. The van der Waals surface area contributed by atoms with Crippen LogP contribution in [0.3, 0.4) is 0 Å². The van der Waals surface area contributed by atoms with Crippen molar-refractivity contribution >= 4 is 0 Å². The van der Waals surface area contributed by atoms with Gasteiger partial charge < -0.3 is 10.7 Å². The first-order chi connectivity index (χ1) is 5.76. The van der Waals surface area contributed by atoms with Gasteiger partial charge in [0, 0.05) is 14.1 Å². The van der Waals surface area contributed by atoms with Crippen LogP contribution in [0, 0.1) is 0 Å². The lowest BCUT2D eigenvalue weighted by Gasteiger charge is -2.28. The van der Waals surface area contributed by atoms with Crippen molar-refractivity contribution in [3.63, 3.8) is 0 Å². The van der Waals surface area contributed by atoms with Gasteiger partial charge in [0.05, 0.1) is 11.9 Å². The number of nitrogens with one attached hydrogen (secondary N) is 4. The van der Waals surface area contributed by atoms with Crippen LogP contribution >= 0.6 is 0 Å². The van der Waals surface area contributed by atoms with Crippen LogP contribution in [0.1, 0.15) is 0 Å². The quantitative estimate of drug-likeness (QED) is 0.248. The molecular formula is C4H16N6O2. The molecule has 1 unspecified atom stereocenters. The fourth-order valence-corrected chi connectivity index (χ4v) is 0.519. The Morgan fingerprint density at radius 1 is 1.50 bits per heavy atom. The lowest BCUT2D eigenvalue weighted by molar-refractivity contribution is -1.06. The molecule has 0 aliphatic heterocycles. The fourth-order valence-electron chi connectivity index (χ4n) is 0.519. The molecule has 8 heteroatoms. The minimum atomic E-state index is 0.106. The third-order valence-corrected chi connectivity index (χ3v) is 1.06. The van der Waals surface area contributed by atoms with E-state index < -0.39 is 0 Å². The highest BCUT2D eigenvalue weighted by molar-refractivity contribution is 4.18. The van der Waals surface area contributed by atoms with Gasteiger partial charge >= 0.3 is 0 Å². The van der Waals surface area contributed by atoms with Crippen molar-refractivity contribution in [1.82, 2.24) is 16.1 Å². The lowest BCUT2D eigenvalue weighted by atomic mass is 10.8. The van der Waals surface area contributed by atoms with E-state index >= 15 is 0 Å². The van der Waals surface area contributed by atoms with E-state index in [1.165, 1.54) is 5.28 Å². The van der Waals surface area contributed by atoms with Crippen LogP contribution < -0.4 is 22.0 Å². The Morgan fingerprint density at radius 2 is 2.17 bits per heavy atom. The summed E-state index contributed by atoms with van der Waals surface area (Å²) >= 11 is 0. The minimum absolute atomic E-state index is 0.106. The number of nitrogens with two attached hydrogens (primary N) is 1. The maximum absolute atomic E-state index is 7.29. The molecule has 0 bridgehead atoms. The van der Waals surface area contributed by atoms with E-state index in [-0.39, 0.29) is 18.4 Å². The molecule has 6 N–H and O–H groups in total. The number of hydrogen-bond donors (Lipinski definition) is 4. The fraction of sp³-hybridized carbons (Fsp3) is 1.00. The summed E-state index contributed by atoms with van der Waals surface area (Å²) in [6, 6.07) is 0. The summed E-state index contributed by atoms with van der Waals surface area (Å²) in [6.07, 6.45) is 0. The Morgan fingerprint density at radius 3 is 2.58 bits per heavy atom. The van der Waals surface area contributed by atoms with Gasteiger partial charge in [0.1, 0.15) is 6.61 Å². The van der Waals surface area contributed by atoms with Crippen LogP contribution in [-0.2, 0) is 9.68 Å². The van der Waals surface area contributed by atoms with Crippen molar-refractivity contribution in [3.8, 4) is 0 Å². The maximum atomic E-state index is 7.29. The molecule has 0 spiro atoms. The molecular weight excluding hydrogens is 164 g/mol. The van der Waals surface area contributed by atoms with Crippen molar-refractivity contribution < 1.29 is 14.9 Å². The number of nitrogens with zero attached hydrogens (tertiary/aromatic N) is 1. The van der Waals surface area contributed by atoms with Gasteiger partial charge in [-0.2, -0.15) is 10.9 Å². The van der Waals surface area contributed by atoms with Crippen LogP contribution in [0.2, 0.25) is 0 Å². The predicted molar refractivity (Wildman–Crippen MR) is 41.3 cm³/mol. The molecule has 1 atom stereocenters. The topological polar surface area (TPSA) is 100 Å². The first kappa shape index (κ1) is 11.7. The molecule has 0 amide bonds. The van der Waals surface area contributed by atoms with Crippen molar-refractivity contribution in [2.24, 2.45) is 5.90 Å². The average Bonchev–Trinajstić information content (AvgIpc) is 2.11. The van der Waals surface area contributed by atoms with Gasteiger partial charge in [-0.1, -0.05) is 0 Å². The molecule has 0 saturated heterocycles. The summed E-state index contributed by atoms with van der Waals surface area (Å²) in [5, 5.41) is 1.27. The van der Waals surface area contributed by atoms with Gasteiger partial charge in [-0.05, 0) is 0 Å².